The number of hydrogen-bond donors (Lipinski definition) is 0. The molecule has 0 radical (unpaired) electrons. The maximum atomic E-state index is 13.4. The molecule has 0 aliphatic carbocycles. The van der Waals surface area contributed by atoms with Gasteiger partial charge >= 0.3 is 0 Å². The molecule has 0 spiro atoms. The summed E-state index contributed by atoms with van der Waals surface area (Å²) in [6, 6.07) is 0.380. The van der Waals surface area contributed by atoms with Crippen molar-refractivity contribution < 1.29 is 4.79 Å². The summed E-state index contributed by atoms with van der Waals surface area (Å²) in [5.41, 5.74) is 1.06. The first kappa shape index (κ1) is 18.7. The van der Waals surface area contributed by atoms with Crippen LogP contribution in [0.5, 0.6) is 0 Å². The molecular weight excluding hydrogens is 356 g/mol. The molecule has 1 amide bonds. The third kappa shape index (κ3) is 3.44. The van der Waals surface area contributed by atoms with E-state index in [0.717, 1.165) is 71.3 Å². The van der Waals surface area contributed by atoms with Gasteiger partial charge in [-0.05, 0) is 56.9 Å². The molecule has 2 aromatic rings. The van der Waals surface area contributed by atoms with Crippen LogP contribution < -0.4 is 4.90 Å². The van der Waals surface area contributed by atoms with Crippen molar-refractivity contribution in [3.63, 3.8) is 0 Å². The number of fused-ring (bicyclic) bond motifs is 1. The Labute approximate surface area is 165 Å². The van der Waals surface area contributed by atoms with Crippen LogP contribution in [0.2, 0.25) is 0 Å². The van der Waals surface area contributed by atoms with E-state index in [0.29, 0.717) is 6.04 Å². The van der Waals surface area contributed by atoms with Gasteiger partial charge in [-0.25, -0.2) is 9.97 Å². The zero-order chi connectivity index (χ0) is 19.0. The summed E-state index contributed by atoms with van der Waals surface area (Å²) in [5, 5.41) is 1.09. The molecule has 6 heteroatoms. The number of carbonyl (C=O) groups excluding carboxylic acids is 1. The van der Waals surface area contributed by atoms with Crippen LogP contribution in [-0.2, 0) is 0 Å². The van der Waals surface area contributed by atoms with Crippen LogP contribution in [0.4, 0.5) is 5.82 Å². The summed E-state index contributed by atoms with van der Waals surface area (Å²) in [6.45, 7) is 9.55. The number of amides is 1. The molecule has 2 saturated heterocycles. The van der Waals surface area contributed by atoms with Crippen LogP contribution >= 0.6 is 11.3 Å². The Hall–Kier alpha value is -1.69. The molecule has 2 aliphatic rings. The summed E-state index contributed by atoms with van der Waals surface area (Å²) in [6.07, 6.45) is 8.57. The zero-order valence-electron chi connectivity index (χ0n) is 16.7. The van der Waals surface area contributed by atoms with Gasteiger partial charge in [0.2, 0.25) is 0 Å². The number of hydrogen-bond acceptors (Lipinski definition) is 5. The van der Waals surface area contributed by atoms with Crippen LogP contribution in [0.15, 0.2) is 6.33 Å². The molecule has 0 aromatic carbocycles. The van der Waals surface area contributed by atoms with E-state index in [9.17, 15) is 4.79 Å². The third-order valence-corrected chi connectivity index (χ3v) is 7.53. The quantitative estimate of drug-likeness (QED) is 0.771. The fourth-order valence-corrected chi connectivity index (χ4v) is 5.64. The zero-order valence-corrected chi connectivity index (χ0v) is 17.5. The van der Waals surface area contributed by atoms with Crippen molar-refractivity contribution in [2.45, 2.75) is 65.3 Å². The smallest absolute Gasteiger partial charge is 0.264 e. The Morgan fingerprint density at radius 1 is 1.19 bits per heavy atom. The van der Waals surface area contributed by atoms with Crippen molar-refractivity contribution in [3.8, 4) is 0 Å². The monoisotopic (exact) mass is 386 g/mol. The second-order valence-corrected chi connectivity index (χ2v) is 9.16. The van der Waals surface area contributed by atoms with Crippen LogP contribution in [0, 0.1) is 12.8 Å². The lowest BCUT2D eigenvalue weighted by Crippen LogP contribution is -2.43. The second-order valence-electron chi connectivity index (χ2n) is 8.16. The lowest BCUT2D eigenvalue weighted by molar-refractivity contribution is 0.0612. The SMILES string of the molecule is CC[C@@H]1CCCCN1C(=O)c1sc2ncnc(N3CCC(C)CC3)c2c1C. The number of likely N-dealkylation sites (tertiary alicyclic amines) is 1. The first-order chi connectivity index (χ1) is 13.1. The largest absolute Gasteiger partial charge is 0.356 e. The van der Waals surface area contributed by atoms with Crippen LogP contribution in [0.1, 0.15) is 67.6 Å². The number of thiophene rings is 1. The van der Waals surface area contributed by atoms with Gasteiger partial charge in [0, 0.05) is 25.7 Å². The van der Waals surface area contributed by atoms with Crippen molar-refractivity contribution in [2.24, 2.45) is 5.92 Å². The first-order valence-electron chi connectivity index (χ1n) is 10.4. The molecule has 27 heavy (non-hydrogen) atoms. The molecule has 4 rings (SSSR count). The number of aryl methyl sites for hydroxylation is 1. The highest BCUT2D eigenvalue weighted by atomic mass is 32.1. The minimum Gasteiger partial charge on any atom is -0.356 e. The molecule has 4 heterocycles. The fourth-order valence-electron chi connectivity index (χ4n) is 4.54. The van der Waals surface area contributed by atoms with Gasteiger partial charge in [-0.2, -0.15) is 0 Å². The average molecular weight is 387 g/mol. The summed E-state index contributed by atoms with van der Waals surface area (Å²) >= 11 is 1.55. The van der Waals surface area contributed by atoms with Crippen molar-refractivity contribution >= 4 is 33.3 Å². The maximum absolute atomic E-state index is 13.4. The minimum absolute atomic E-state index is 0.195. The Morgan fingerprint density at radius 2 is 1.96 bits per heavy atom. The summed E-state index contributed by atoms with van der Waals surface area (Å²) in [4.78, 5) is 28.8. The number of carbonyl (C=O) groups is 1. The third-order valence-electron chi connectivity index (χ3n) is 6.34. The minimum atomic E-state index is 0.195. The van der Waals surface area contributed by atoms with E-state index < -0.39 is 0 Å². The molecule has 0 saturated carbocycles. The highest BCUT2D eigenvalue weighted by molar-refractivity contribution is 7.20. The van der Waals surface area contributed by atoms with Gasteiger partial charge in [-0.1, -0.05) is 13.8 Å². The topological polar surface area (TPSA) is 49.3 Å². The highest BCUT2D eigenvalue weighted by Crippen LogP contribution is 2.37. The number of anilines is 1. The number of piperidine rings is 2. The normalized spacial score (nSPS) is 21.8. The van der Waals surface area contributed by atoms with Crippen LogP contribution in [-0.4, -0.2) is 46.5 Å². The Bertz CT molecular complexity index is 825. The Morgan fingerprint density at radius 3 is 2.70 bits per heavy atom. The van der Waals surface area contributed by atoms with Crippen molar-refractivity contribution in [2.75, 3.05) is 24.5 Å². The van der Waals surface area contributed by atoms with Gasteiger partial charge < -0.3 is 9.80 Å². The second kappa shape index (κ2) is 7.74. The molecule has 2 fully saturated rings. The van der Waals surface area contributed by atoms with Gasteiger partial charge in [0.25, 0.3) is 5.91 Å². The van der Waals surface area contributed by atoms with Crippen molar-refractivity contribution in [3.05, 3.63) is 16.8 Å². The van der Waals surface area contributed by atoms with Gasteiger partial charge in [-0.15, -0.1) is 11.3 Å². The van der Waals surface area contributed by atoms with Gasteiger partial charge in [0.1, 0.15) is 17.0 Å². The average Bonchev–Trinajstić information content (AvgIpc) is 3.05. The van der Waals surface area contributed by atoms with E-state index in [-0.39, 0.29) is 5.91 Å². The molecule has 2 aliphatic heterocycles. The van der Waals surface area contributed by atoms with E-state index in [2.05, 4.69) is 40.5 Å². The van der Waals surface area contributed by atoms with E-state index in [1.54, 1.807) is 17.7 Å². The molecule has 0 N–H and O–H groups in total. The molecule has 1 atom stereocenters. The first-order valence-corrected chi connectivity index (χ1v) is 11.2. The Kier molecular flexibility index (Phi) is 5.35. The predicted octanol–water partition coefficient (Wildman–Crippen LogP) is 4.64. The summed E-state index contributed by atoms with van der Waals surface area (Å²) in [7, 11) is 0. The van der Waals surface area contributed by atoms with E-state index in [1.807, 2.05) is 0 Å². The van der Waals surface area contributed by atoms with Crippen molar-refractivity contribution in [1.82, 2.24) is 14.9 Å². The number of nitrogens with zero attached hydrogens (tertiary/aromatic N) is 4. The van der Waals surface area contributed by atoms with Gasteiger partial charge in [0.15, 0.2) is 0 Å². The van der Waals surface area contributed by atoms with Crippen molar-refractivity contribution in [1.29, 1.82) is 0 Å². The molecular formula is C21H30N4OS. The standard InChI is InChI=1S/C21H30N4OS/c1-4-16-7-5-6-10-25(16)21(26)18-15(3)17-19(22-13-23-20(17)27-18)24-11-8-14(2)9-12-24/h13-14,16H,4-12H2,1-3H3/t16-/m1/s1. The molecule has 2 aromatic heterocycles. The van der Waals surface area contributed by atoms with E-state index >= 15 is 0 Å². The summed E-state index contributed by atoms with van der Waals surface area (Å²) in [5.74, 6) is 2.00. The Balaban J connectivity index is 1.70. The highest BCUT2D eigenvalue weighted by Gasteiger charge is 2.30. The predicted molar refractivity (Wildman–Crippen MR) is 112 cm³/mol. The van der Waals surface area contributed by atoms with Crippen LogP contribution in [0.3, 0.4) is 0 Å². The molecule has 5 nitrogen and oxygen atoms in total. The molecule has 146 valence electrons. The molecule has 0 bridgehead atoms. The lowest BCUT2D eigenvalue weighted by atomic mass is 9.98. The van der Waals surface area contributed by atoms with Crippen LogP contribution in [0.25, 0.3) is 10.2 Å². The summed E-state index contributed by atoms with van der Waals surface area (Å²) < 4.78 is 0. The lowest BCUT2D eigenvalue weighted by Gasteiger charge is -2.35. The van der Waals surface area contributed by atoms with E-state index in [4.69, 9.17) is 0 Å². The van der Waals surface area contributed by atoms with E-state index in [1.165, 1.54) is 19.3 Å². The number of rotatable bonds is 3. The molecule has 0 unspecified atom stereocenters. The van der Waals surface area contributed by atoms with Gasteiger partial charge in [0.05, 0.1) is 10.3 Å². The number of aromatic nitrogens is 2. The maximum Gasteiger partial charge on any atom is 0.264 e. The van der Waals surface area contributed by atoms with Gasteiger partial charge in [-0.3, -0.25) is 4.79 Å². The fraction of sp³-hybridized carbons (Fsp3) is 0.667.